The maximum absolute atomic E-state index is 11.7. The standard InChI is InChI=1S/C9H16F3N/c1-13(2)8-6-4-3-5-7-9(10,11)12/h4,6H,3,5,7-8H2,1-2H3. The summed E-state index contributed by atoms with van der Waals surface area (Å²) in [5, 5.41) is 0. The first-order chi connectivity index (χ1) is 5.92. The van der Waals surface area contributed by atoms with Crippen LogP contribution in [-0.4, -0.2) is 31.7 Å². The number of allylic oxidation sites excluding steroid dienone is 1. The number of alkyl halides is 3. The van der Waals surface area contributed by atoms with Gasteiger partial charge in [-0.1, -0.05) is 12.2 Å². The summed E-state index contributed by atoms with van der Waals surface area (Å²) < 4.78 is 35.0. The zero-order chi connectivity index (χ0) is 10.3. The Hall–Kier alpha value is -0.510. The quantitative estimate of drug-likeness (QED) is 0.481. The molecule has 0 aromatic carbocycles. The van der Waals surface area contributed by atoms with Crippen LogP contribution in [0.25, 0.3) is 0 Å². The first-order valence-electron chi connectivity index (χ1n) is 4.28. The second kappa shape index (κ2) is 6.02. The van der Waals surface area contributed by atoms with Gasteiger partial charge in [0, 0.05) is 13.0 Å². The van der Waals surface area contributed by atoms with Crippen molar-refractivity contribution in [1.29, 1.82) is 0 Å². The molecule has 0 aliphatic heterocycles. The van der Waals surface area contributed by atoms with E-state index in [9.17, 15) is 13.2 Å². The smallest absolute Gasteiger partial charge is 0.306 e. The third kappa shape index (κ3) is 11.5. The number of unbranched alkanes of at least 4 members (excludes halogenated alkanes) is 1. The summed E-state index contributed by atoms with van der Waals surface area (Å²) in [4.78, 5) is 1.96. The van der Waals surface area contributed by atoms with E-state index in [0.29, 0.717) is 6.42 Å². The zero-order valence-corrected chi connectivity index (χ0v) is 8.06. The molecule has 0 rings (SSSR count). The maximum Gasteiger partial charge on any atom is 0.389 e. The lowest BCUT2D eigenvalue weighted by atomic mass is 10.2. The Balaban J connectivity index is 3.31. The van der Waals surface area contributed by atoms with Crippen molar-refractivity contribution < 1.29 is 13.2 Å². The van der Waals surface area contributed by atoms with Crippen molar-refractivity contribution in [3.63, 3.8) is 0 Å². The summed E-state index contributed by atoms with van der Waals surface area (Å²) in [5.41, 5.74) is 0. The molecule has 78 valence electrons. The molecule has 13 heavy (non-hydrogen) atoms. The van der Waals surface area contributed by atoms with Gasteiger partial charge in [0.2, 0.25) is 0 Å². The number of hydrogen-bond donors (Lipinski definition) is 0. The number of likely N-dealkylation sites (N-methyl/N-ethyl adjacent to an activating group) is 1. The Morgan fingerprint density at radius 3 is 2.23 bits per heavy atom. The van der Waals surface area contributed by atoms with Gasteiger partial charge < -0.3 is 4.90 Å². The van der Waals surface area contributed by atoms with Crippen LogP contribution >= 0.6 is 0 Å². The van der Waals surface area contributed by atoms with Crippen LogP contribution in [0, 0.1) is 0 Å². The molecule has 0 spiro atoms. The molecule has 0 aromatic rings. The van der Waals surface area contributed by atoms with E-state index in [1.807, 2.05) is 25.1 Å². The van der Waals surface area contributed by atoms with Gasteiger partial charge in [-0.25, -0.2) is 0 Å². The van der Waals surface area contributed by atoms with E-state index in [1.165, 1.54) is 0 Å². The lowest BCUT2D eigenvalue weighted by molar-refractivity contribution is -0.135. The molecule has 0 unspecified atom stereocenters. The monoisotopic (exact) mass is 195 g/mol. The third-order valence-electron chi connectivity index (χ3n) is 1.47. The highest BCUT2D eigenvalue weighted by atomic mass is 19.4. The van der Waals surface area contributed by atoms with Crippen LogP contribution in [0.5, 0.6) is 0 Å². The summed E-state index contributed by atoms with van der Waals surface area (Å²) in [6, 6.07) is 0. The predicted octanol–water partition coefficient (Wildman–Crippen LogP) is 2.84. The van der Waals surface area contributed by atoms with Gasteiger partial charge in [0.15, 0.2) is 0 Å². The summed E-state index contributed by atoms with van der Waals surface area (Å²) >= 11 is 0. The molecule has 0 bridgehead atoms. The molecule has 0 saturated carbocycles. The van der Waals surface area contributed by atoms with Crippen molar-refractivity contribution in [2.24, 2.45) is 0 Å². The van der Waals surface area contributed by atoms with E-state index >= 15 is 0 Å². The van der Waals surface area contributed by atoms with Gasteiger partial charge in [-0.05, 0) is 26.9 Å². The molecular weight excluding hydrogens is 179 g/mol. The number of halogens is 3. The molecule has 0 radical (unpaired) electrons. The first kappa shape index (κ1) is 12.5. The minimum absolute atomic E-state index is 0.188. The van der Waals surface area contributed by atoms with Gasteiger partial charge in [0.05, 0.1) is 0 Å². The molecule has 0 atom stereocenters. The average molecular weight is 195 g/mol. The number of nitrogens with zero attached hydrogens (tertiary/aromatic N) is 1. The van der Waals surface area contributed by atoms with Gasteiger partial charge in [0.25, 0.3) is 0 Å². The van der Waals surface area contributed by atoms with E-state index in [1.54, 1.807) is 6.08 Å². The van der Waals surface area contributed by atoms with E-state index in [4.69, 9.17) is 0 Å². The predicted molar refractivity (Wildman–Crippen MR) is 47.6 cm³/mol. The van der Waals surface area contributed by atoms with Crippen molar-refractivity contribution in [3.8, 4) is 0 Å². The third-order valence-corrected chi connectivity index (χ3v) is 1.47. The van der Waals surface area contributed by atoms with Crippen LogP contribution in [-0.2, 0) is 0 Å². The first-order valence-corrected chi connectivity index (χ1v) is 4.28. The summed E-state index contributed by atoms with van der Waals surface area (Å²) in [5.74, 6) is 0. The molecule has 0 fully saturated rings. The largest absolute Gasteiger partial charge is 0.389 e. The fourth-order valence-corrected chi connectivity index (χ4v) is 0.824. The van der Waals surface area contributed by atoms with Crippen LogP contribution in [0.4, 0.5) is 13.2 Å². The van der Waals surface area contributed by atoms with Crippen molar-refractivity contribution in [3.05, 3.63) is 12.2 Å². The van der Waals surface area contributed by atoms with E-state index in [0.717, 1.165) is 6.54 Å². The Labute approximate surface area is 77.2 Å². The van der Waals surface area contributed by atoms with Crippen LogP contribution in [0.3, 0.4) is 0 Å². The Morgan fingerprint density at radius 2 is 1.77 bits per heavy atom. The number of rotatable bonds is 5. The molecule has 4 heteroatoms. The Morgan fingerprint density at radius 1 is 1.15 bits per heavy atom. The summed E-state index contributed by atoms with van der Waals surface area (Å²) in [7, 11) is 3.83. The maximum atomic E-state index is 11.7. The Kier molecular flexibility index (Phi) is 5.79. The van der Waals surface area contributed by atoms with Crippen LogP contribution in [0.15, 0.2) is 12.2 Å². The molecule has 0 amide bonds. The van der Waals surface area contributed by atoms with Crippen molar-refractivity contribution in [1.82, 2.24) is 4.90 Å². The molecule has 0 aromatic heterocycles. The average Bonchev–Trinajstić information content (AvgIpc) is 1.93. The van der Waals surface area contributed by atoms with Gasteiger partial charge in [0.1, 0.15) is 0 Å². The molecule has 0 aliphatic rings. The van der Waals surface area contributed by atoms with Gasteiger partial charge in [-0.2, -0.15) is 13.2 Å². The Bertz CT molecular complexity index is 149. The summed E-state index contributed by atoms with van der Waals surface area (Å²) in [6.45, 7) is 0.784. The fourth-order valence-electron chi connectivity index (χ4n) is 0.824. The van der Waals surface area contributed by atoms with Gasteiger partial charge in [-0.3, -0.25) is 0 Å². The van der Waals surface area contributed by atoms with Crippen molar-refractivity contribution in [2.45, 2.75) is 25.4 Å². The lowest BCUT2D eigenvalue weighted by Gasteiger charge is -2.04. The minimum atomic E-state index is -4.00. The van der Waals surface area contributed by atoms with E-state index in [-0.39, 0.29) is 6.42 Å². The van der Waals surface area contributed by atoms with Crippen molar-refractivity contribution in [2.75, 3.05) is 20.6 Å². The highest BCUT2D eigenvalue weighted by molar-refractivity contribution is 4.83. The van der Waals surface area contributed by atoms with Crippen LogP contribution in [0.2, 0.25) is 0 Å². The van der Waals surface area contributed by atoms with E-state index in [2.05, 4.69) is 0 Å². The minimum Gasteiger partial charge on any atom is -0.306 e. The topological polar surface area (TPSA) is 3.24 Å². The van der Waals surface area contributed by atoms with E-state index < -0.39 is 12.6 Å². The normalized spacial score (nSPS) is 13.1. The van der Waals surface area contributed by atoms with Crippen molar-refractivity contribution >= 4 is 0 Å². The van der Waals surface area contributed by atoms with Gasteiger partial charge in [-0.15, -0.1) is 0 Å². The molecule has 0 saturated heterocycles. The molecular formula is C9H16F3N. The zero-order valence-electron chi connectivity index (χ0n) is 8.06. The van der Waals surface area contributed by atoms with Crippen LogP contribution < -0.4 is 0 Å². The molecule has 1 nitrogen and oxygen atoms in total. The second-order valence-electron chi connectivity index (χ2n) is 3.24. The second-order valence-corrected chi connectivity index (χ2v) is 3.24. The molecule has 0 heterocycles. The van der Waals surface area contributed by atoms with Gasteiger partial charge >= 0.3 is 6.18 Å². The van der Waals surface area contributed by atoms with Crippen LogP contribution in [0.1, 0.15) is 19.3 Å². The lowest BCUT2D eigenvalue weighted by Crippen LogP contribution is -2.10. The number of hydrogen-bond acceptors (Lipinski definition) is 1. The highest BCUT2D eigenvalue weighted by Crippen LogP contribution is 2.22. The fraction of sp³-hybridized carbons (Fsp3) is 0.778. The summed E-state index contributed by atoms with van der Waals surface area (Å²) in [6.07, 6.45) is -0.308. The molecule has 0 N–H and O–H groups in total. The highest BCUT2D eigenvalue weighted by Gasteiger charge is 2.25. The molecule has 0 aliphatic carbocycles. The SMILES string of the molecule is CN(C)CC=CCCCC(F)(F)F.